The Labute approximate surface area is 130 Å². The van der Waals surface area contributed by atoms with Crippen molar-refractivity contribution < 1.29 is 4.42 Å². The molecule has 0 aliphatic heterocycles. The van der Waals surface area contributed by atoms with Gasteiger partial charge in [-0.15, -0.1) is 10.2 Å². The van der Waals surface area contributed by atoms with Crippen molar-refractivity contribution in [2.45, 2.75) is 20.4 Å². The fourth-order valence-electron chi connectivity index (χ4n) is 2.01. The number of rotatable bonds is 8. The van der Waals surface area contributed by atoms with Crippen molar-refractivity contribution >= 4 is 11.6 Å². The van der Waals surface area contributed by atoms with Gasteiger partial charge in [0.25, 0.3) is 0 Å². The summed E-state index contributed by atoms with van der Waals surface area (Å²) in [6.07, 6.45) is 0. The molecule has 0 saturated heterocycles. The maximum Gasteiger partial charge on any atom is 0.247 e. The molecule has 2 rings (SSSR count). The highest BCUT2D eigenvalue weighted by Gasteiger charge is 2.08. The third-order valence-electron chi connectivity index (χ3n) is 3.33. The van der Waals surface area contributed by atoms with E-state index < -0.39 is 0 Å². The van der Waals surface area contributed by atoms with E-state index in [0.29, 0.717) is 23.3 Å². The van der Waals surface area contributed by atoms with E-state index in [-0.39, 0.29) is 0 Å². The van der Waals surface area contributed by atoms with Crippen LogP contribution in [0.1, 0.15) is 19.7 Å². The maximum absolute atomic E-state index is 5.86. The van der Waals surface area contributed by atoms with E-state index in [9.17, 15) is 0 Å². The number of hydrogen-bond donors (Lipinski definition) is 1. The minimum Gasteiger partial charge on any atom is -0.419 e. The first-order valence-corrected chi connectivity index (χ1v) is 7.62. The molecule has 1 N–H and O–H groups in total. The van der Waals surface area contributed by atoms with Crippen molar-refractivity contribution in [1.82, 2.24) is 20.4 Å². The molecule has 2 aromatic rings. The Hall–Kier alpha value is -1.43. The van der Waals surface area contributed by atoms with Crippen LogP contribution in [0.4, 0.5) is 0 Å². The van der Waals surface area contributed by atoms with Crippen LogP contribution < -0.4 is 5.32 Å². The van der Waals surface area contributed by atoms with Crippen LogP contribution >= 0.6 is 11.6 Å². The Kier molecular flexibility index (Phi) is 6.17. The van der Waals surface area contributed by atoms with Crippen molar-refractivity contribution in [3.8, 4) is 11.5 Å². The fraction of sp³-hybridized carbons (Fsp3) is 0.467. The Morgan fingerprint density at radius 1 is 1.14 bits per heavy atom. The molecule has 21 heavy (non-hydrogen) atoms. The Bertz CT molecular complexity index is 537. The first-order chi connectivity index (χ1) is 10.2. The molecule has 0 aliphatic rings. The summed E-state index contributed by atoms with van der Waals surface area (Å²) in [5.74, 6) is 1.12. The topological polar surface area (TPSA) is 54.2 Å². The zero-order chi connectivity index (χ0) is 15.1. The molecule has 0 aliphatic carbocycles. The van der Waals surface area contributed by atoms with Gasteiger partial charge < -0.3 is 14.6 Å². The second-order valence-corrected chi connectivity index (χ2v) is 5.15. The highest BCUT2D eigenvalue weighted by molar-refractivity contribution is 6.30. The van der Waals surface area contributed by atoms with Crippen LogP contribution in [-0.2, 0) is 6.54 Å². The van der Waals surface area contributed by atoms with Crippen LogP contribution in [-0.4, -0.2) is 41.3 Å². The fourth-order valence-corrected chi connectivity index (χ4v) is 2.13. The van der Waals surface area contributed by atoms with E-state index in [1.54, 1.807) is 0 Å². The molecule has 0 spiro atoms. The Morgan fingerprint density at radius 3 is 2.52 bits per heavy atom. The second kappa shape index (κ2) is 8.12. The van der Waals surface area contributed by atoms with Crippen molar-refractivity contribution in [1.29, 1.82) is 0 Å². The van der Waals surface area contributed by atoms with E-state index in [4.69, 9.17) is 16.0 Å². The number of likely N-dealkylation sites (N-methyl/N-ethyl adjacent to an activating group) is 1. The number of benzene rings is 1. The molecule has 6 heteroatoms. The van der Waals surface area contributed by atoms with Gasteiger partial charge in [0, 0.05) is 23.7 Å². The van der Waals surface area contributed by atoms with Crippen LogP contribution in [0.5, 0.6) is 0 Å². The van der Waals surface area contributed by atoms with Gasteiger partial charge in [0.05, 0.1) is 6.54 Å². The van der Waals surface area contributed by atoms with Gasteiger partial charge in [0.1, 0.15) is 0 Å². The lowest BCUT2D eigenvalue weighted by molar-refractivity contribution is 0.300. The highest BCUT2D eigenvalue weighted by Crippen LogP contribution is 2.19. The van der Waals surface area contributed by atoms with E-state index in [2.05, 4.69) is 34.3 Å². The molecular weight excluding hydrogens is 288 g/mol. The lowest BCUT2D eigenvalue weighted by atomic mass is 10.2. The summed E-state index contributed by atoms with van der Waals surface area (Å²) in [6.45, 7) is 8.98. The Morgan fingerprint density at radius 2 is 1.86 bits per heavy atom. The van der Waals surface area contributed by atoms with Crippen molar-refractivity contribution in [2.75, 3.05) is 26.2 Å². The van der Waals surface area contributed by atoms with Gasteiger partial charge in [-0.05, 0) is 37.4 Å². The molecule has 0 amide bonds. The molecule has 5 nitrogen and oxygen atoms in total. The zero-order valence-electron chi connectivity index (χ0n) is 12.5. The molecule has 0 radical (unpaired) electrons. The summed E-state index contributed by atoms with van der Waals surface area (Å²) in [6, 6.07) is 7.35. The SMILES string of the molecule is CCN(CC)CCNCc1nnc(-c2ccc(Cl)cc2)o1. The largest absolute Gasteiger partial charge is 0.419 e. The smallest absolute Gasteiger partial charge is 0.247 e. The van der Waals surface area contributed by atoms with Crippen molar-refractivity contribution in [2.24, 2.45) is 0 Å². The first kappa shape index (κ1) is 15.9. The van der Waals surface area contributed by atoms with E-state index >= 15 is 0 Å². The summed E-state index contributed by atoms with van der Waals surface area (Å²) in [5, 5.41) is 12.1. The lowest BCUT2D eigenvalue weighted by Gasteiger charge is -2.17. The number of halogens is 1. The monoisotopic (exact) mass is 308 g/mol. The lowest BCUT2D eigenvalue weighted by Crippen LogP contribution is -2.31. The summed E-state index contributed by atoms with van der Waals surface area (Å²) in [5.41, 5.74) is 0.876. The molecule has 0 atom stereocenters. The van der Waals surface area contributed by atoms with E-state index in [1.807, 2.05) is 24.3 Å². The molecule has 114 valence electrons. The Balaban J connectivity index is 1.82. The molecule has 0 fully saturated rings. The number of nitrogens with zero attached hydrogens (tertiary/aromatic N) is 3. The molecule has 0 saturated carbocycles. The quantitative estimate of drug-likeness (QED) is 0.760. The predicted octanol–water partition coefficient (Wildman–Crippen LogP) is 2.82. The molecule has 1 heterocycles. The van der Waals surface area contributed by atoms with Gasteiger partial charge in [-0.2, -0.15) is 0 Å². The number of hydrogen-bond acceptors (Lipinski definition) is 5. The standard InChI is InChI=1S/C15H21ClN4O/c1-3-20(4-2)10-9-17-11-14-18-19-15(21-14)12-5-7-13(16)8-6-12/h5-8,17H,3-4,9-11H2,1-2H3. The van der Waals surface area contributed by atoms with Crippen LogP contribution in [0.25, 0.3) is 11.5 Å². The van der Waals surface area contributed by atoms with E-state index in [0.717, 1.165) is 31.7 Å². The van der Waals surface area contributed by atoms with Gasteiger partial charge in [0.15, 0.2) is 0 Å². The molecule has 1 aromatic heterocycles. The first-order valence-electron chi connectivity index (χ1n) is 7.24. The molecule has 0 unspecified atom stereocenters. The van der Waals surface area contributed by atoms with Crippen molar-refractivity contribution in [3.05, 3.63) is 35.2 Å². The molecular formula is C15H21ClN4O. The average Bonchev–Trinajstić information content (AvgIpc) is 2.97. The normalized spacial score (nSPS) is 11.2. The van der Waals surface area contributed by atoms with Gasteiger partial charge in [-0.25, -0.2) is 0 Å². The minimum absolute atomic E-state index is 0.521. The summed E-state index contributed by atoms with van der Waals surface area (Å²) in [7, 11) is 0. The summed E-state index contributed by atoms with van der Waals surface area (Å²) in [4.78, 5) is 2.36. The van der Waals surface area contributed by atoms with Gasteiger partial charge in [-0.1, -0.05) is 25.4 Å². The molecule has 1 aromatic carbocycles. The predicted molar refractivity (Wildman–Crippen MR) is 84.2 cm³/mol. The van der Waals surface area contributed by atoms with Crippen LogP contribution in [0.2, 0.25) is 5.02 Å². The van der Waals surface area contributed by atoms with Gasteiger partial charge in [0.2, 0.25) is 11.8 Å². The highest BCUT2D eigenvalue weighted by atomic mass is 35.5. The van der Waals surface area contributed by atoms with Crippen LogP contribution in [0.15, 0.2) is 28.7 Å². The number of aromatic nitrogens is 2. The van der Waals surface area contributed by atoms with Crippen LogP contribution in [0.3, 0.4) is 0 Å². The zero-order valence-corrected chi connectivity index (χ0v) is 13.2. The minimum atomic E-state index is 0.521. The summed E-state index contributed by atoms with van der Waals surface area (Å²) < 4.78 is 5.63. The van der Waals surface area contributed by atoms with Gasteiger partial charge in [-0.3, -0.25) is 0 Å². The third-order valence-corrected chi connectivity index (χ3v) is 3.59. The maximum atomic E-state index is 5.86. The average molecular weight is 309 g/mol. The molecule has 0 bridgehead atoms. The summed E-state index contributed by atoms with van der Waals surface area (Å²) >= 11 is 5.86. The van der Waals surface area contributed by atoms with Crippen molar-refractivity contribution in [3.63, 3.8) is 0 Å². The van der Waals surface area contributed by atoms with Gasteiger partial charge >= 0.3 is 0 Å². The van der Waals surface area contributed by atoms with Crippen LogP contribution in [0, 0.1) is 0 Å². The number of nitrogens with one attached hydrogen (secondary N) is 1. The van der Waals surface area contributed by atoms with E-state index in [1.165, 1.54) is 0 Å². The second-order valence-electron chi connectivity index (χ2n) is 4.71. The third kappa shape index (κ3) is 4.81.